The van der Waals surface area contributed by atoms with E-state index < -0.39 is 22.5 Å². The van der Waals surface area contributed by atoms with Crippen molar-refractivity contribution in [1.82, 2.24) is 9.29 Å². The lowest BCUT2D eigenvalue weighted by Crippen LogP contribution is -2.29. The first-order valence-electron chi connectivity index (χ1n) is 7.44. The molecule has 3 rings (SSSR count). The van der Waals surface area contributed by atoms with E-state index in [1.165, 1.54) is 17.4 Å². The number of carbonyl (C=O) groups excluding carboxylic acids is 1. The van der Waals surface area contributed by atoms with E-state index in [9.17, 15) is 13.2 Å². The molecular weight excluding hydrogens is 414 g/mol. The Hall–Kier alpha value is -1.78. The number of sulfonamides is 1. The van der Waals surface area contributed by atoms with Gasteiger partial charge in [-0.1, -0.05) is 35.9 Å². The molecular formula is C16H14ClN3O3S3. The second-order valence-corrected chi connectivity index (χ2v) is 9.39. The Bertz CT molecular complexity index is 1070. The van der Waals surface area contributed by atoms with E-state index in [0.29, 0.717) is 16.4 Å². The SMILES string of the molecule is O=C(CNS(=O)(=O)c1cccs1)N=c1sccn1Cc1ccccc1Cl. The third-order valence-corrected chi connectivity index (χ3v) is 7.31. The number of hydrogen-bond donors (Lipinski definition) is 1. The van der Waals surface area contributed by atoms with Gasteiger partial charge in [0.1, 0.15) is 4.21 Å². The summed E-state index contributed by atoms with van der Waals surface area (Å²) in [5.74, 6) is -0.569. The molecule has 0 bridgehead atoms. The van der Waals surface area contributed by atoms with Crippen LogP contribution in [0.2, 0.25) is 5.02 Å². The zero-order valence-corrected chi connectivity index (χ0v) is 16.5. The normalized spacial score (nSPS) is 12.4. The summed E-state index contributed by atoms with van der Waals surface area (Å²) in [6, 6.07) is 10.5. The van der Waals surface area contributed by atoms with Crippen LogP contribution >= 0.6 is 34.3 Å². The van der Waals surface area contributed by atoms with E-state index in [0.717, 1.165) is 16.9 Å². The summed E-state index contributed by atoms with van der Waals surface area (Å²) in [5.41, 5.74) is 0.903. The van der Waals surface area contributed by atoms with Gasteiger partial charge in [0.25, 0.3) is 15.9 Å². The lowest BCUT2D eigenvalue weighted by Gasteiger charge is -2.05. The van der Waals surface area contributed by atoms with Crippen molar-refractivity contribution in [3.63, 3.8) is 0 Å². The Morgan fingerprint density at radius 3 is 2.69 bits per heavy atom. The average molecular weight is 428 g/mol. The lowest BCUT2D eigenvalue weighted by atomic mass is 10.2. The van der Waals surface area contributed by atoms with Gasteiger partial charge in [0, 0.05) is 16.6 Å². The quantitative estimate of drug-likeness (QED) is 0.656. The fourth-order valence-electron chi connectivity index (χ4n) is 2.11. The highest BCUT2D eigenvalue weighted by Crippen LogP contribution is 2.16. The minimum Gasteiger partial charge on any atom is -0.319 e. The van der Waals surface area contributed by atoms with Gasteiger partial charge in [0.15, 0.2) is 4.80 Å². The van der Waals surface area contributed by atoms with Crippen molar-refractivity contribution in [1.29, 1.82) is 0 Å². The number of hydrogen-bond acceptors (Lipinski definition) is 5. The van der Waals surface area contributed by atoms with Gasteiger partial charge in [-0.25, -0.2) is 13.1 Å². The molecule has 0 saturated carbocycles. The number of halogens is 1. The van der Waals surface area contributed by atoms with Crippen LogP contribution in [0, 0.1) is 0 Å². The molecule has 2 heterocycles. The van der Waals surface area contributed by atoms with Crippen molar-refractivity contribution < 1.29 is 13.2 Å². The standard InChI is InChI=1S/C16H14ClN3O3S3/c17-13-5-2-1-4-12(13)11-20-7-9-25-16(20)19-14(21)10-18-26(22,23)15-6-3-8-24-15/h1-9,18H,10-11H2. The molecule has 2 aromatic heterocycles. The molecule has 1 N–H and O–H groups in total. The molecule has 136 valence electrons. The Morgan fingerprint density at radius 1 is 1.15 bits per heavy atom. The number of nitrogens with one attached hydrogen (secondary N) is 1. The van der Waals surface area contributed by atoms with Crippen LogP contribution in [-0.4, -0.2) is 25.4 Å². The molecule has 0 aliphatic rings. The third-order valence-electron chi connectivity index (χ3n) is 3.35. The van der Waals surface area contributed by atoms with Crippen molar-refractivity contribution in [2.75, 3.05) is 6.54 Å². The Morgan fingerprint density at radius 2 is 1.96 bits per heavy atom. The van der Waals surface area contributed by atoms with Gasteiger partial charge in [-0.3, -0.25) is 4.79 Å². The second kappa shape index (κ2) is 8.28. The molecule has 6 nitrogen and oxygen atoms in total. The molecule has 0 fully saturated rings. The summed E-state index contributed by atoms with van der Waals surface area (Å²) in [6.45, 7) is 0.0699. The highest BCUT2D eigenvalue weighted by atomic mass is 35.5. The second-order valence-electron chi connectivity index (χ2n) is 5.17. The molecule has 26 heavy (non-hydrogen) atoms. The van der Waals surface area contributed by atoms with Crippen LogP contribution in [0.5, 0.6) is 0 Å². The zero-order valence-electron chi connectivity index (χ0n) is 13.3. The van der Waals surface area contributed by atoms with Gasteiger partial charge >= 0.3 is 0 Å². The number of nitrogens with zero attached hydrogens (tertiary/aromatic N) is 2. The van der Waals surface area contributed by atoms with Crippen LogP contribution < -0.4 is 9.52 Å². The molecule has 0 saturated heterocycles. The van der Waals surface area contributed by atoms with E-state index in [-0.39, 0.29) is 4.21 Å². The predicted octanol–water partition coefficient (Wildman–Crippen LogP) is 2.72. The molecule has 0 radical (unpaired) electrons. The summed E-state index contributed by atoms with van der Waals surface area (Å²) < 4.78 is 28.3. The molecule has 0 spiro atoms. The fraction of sp³-hybridized carbons (Fsp3) is 0.125. The fourth-order valence-corrected chi connectivity index (χ4v) is 5.06. The number of rotatable bonds is 6. The first kappa shape index (κ1) is 19.0. The van der Waals surface area contributed by atoms with Crippen molar-refractivity contribution in [3.05, 3.63) is 68.7 Å². The van der Waals surface area contributed by atoms with Crippen molar-refractivity contribution >= 4 is 50.2 Å². The predicted molar refractivity (Wildman–Crippen MR) is 103 cm³/mol. The van der Waals surface area contributed by atoms with E-state index in [4.69, 9.17) is 11.6 Å². The number of thiophene rings is 1. The average Bonchev–Trinajstić information content (AvgIpc) is 3.28. The van der Waals surface area contributed by atoms with Gasteiger partial charge in [-0.2, -0.15) is 4.99 Å². The maximum atomic E-state index is 12.1. The molecule has 0 atom stereocenters. The van der Waals surface area contributed by atoms with E-state index >= 15 is 0 Å². The number of aromatic nitrogens is 1. The monoisotopic (exact) mass is 427 g/mol. The number of amides is 1. The largest absolute Gasteiger partial charge is 0.319 e. The molecule has 0 aliphatic carbocycles. The smallest absolute Gasteiger partial charge is 0.263 e. The maximum absolute atomic E-state index is 12.1. The van der Waals surface area contributed by atoms with Crippen LogP contribution in [0.4, 0.5) is 0 Å². The topological polar surface area (TPSA) is 80.5 Å². The summed E-state index contributed by atoms with van der Waals surface area (Å²) in [4.78, 5) is 16.6. The Kier molecular flexibility index (Phi) is 6.05. The maximum Gasteiger partial charge on any atom is 0.263 e. The summed E-state index contributed by atoms with van der Waals surface area (Å²) in [6.07, 6.45) is 1.80. The number of benzene rings is 1. The van der Waals surface area contributed by atoms with Gasteiger partial charge in [0.05, 0.1) is 13.1 Å². The van der Waals surface area contributed by atoms with Gasteiger partial charge < -0.3 is 4.57 Å². The van der Waals surface area contributed by atoms with Crippen LogP contribution in [0.25, 0.3) is 0 Å². The summed E-state index contributed by atoms with van der Waals surface area (Å²) in [5, 5.41) is 4.09. The van der Waals surface area contributed by atoms with Crippen LogP contribution in [0.3, 0.4) is 0 Å². The van der Waals surface area contributed by atoms with Crippen LogP contribution in [0.15, 0.2) is 62.6 Å². The van der Waals surface area contributed by atoms with Gasteiger partial charge in [0.2, 0.25) is 0 Å². The zero-order chi connectivity index (χ0) is 18.6. The highest BCUT2D eigenvalue weighted by molar-refractivity contribution is 7.91. The first-order valence-corrected chi connectivity index (χ1v) is 11.1. The summed E-state index contributed by atoms with van der Waals surface area (Å²) >= 11 is 8.54. The molecule has 1 aromatic carbocycles. The molecule has 10 heteroatoms. The van der Waals surface area contributed by atoms with E-state index in [1.54, 1.807) is 33.7 Å². The van der Waals surface area contributed by atoms with Crippen LogP contribution in [0.1, 0.15) is 5.56 Å². The highest BCUT2D eigenvalue weighted by Gasteiger charge is 2.16. The van der Waals surface area contributed by atoms with Crippen LogP contribution in [-0.2, 0) is 21.4 Å². The molecule has 0 aliphatic heterocycles. The lowest BCUT2D eigenvalue weighted by molar-refractivity contribution is -0.117. The molecule has 3 aromatic rings. The van der Waals surface area contributed by atoms with Gasteiger partial charge in [-0.05, 0) is 23.1 Å². The third kappa shape index (κ3) is 4.68. The molecule has 1 amide bonds. The molecule has 0 unspecified atom stereocenters. The first-order chi connectivity index (χ1) is 12.5. The summed E-state index contributed by atoms with van der Waals surface area (Å²) in [7, 11) is -3.69. The van der Waals surface area contributed by atoms with Gasteiger partial charge in [-0.15, -0.1) is 22.7 Å². The Labute approximate surface area is 163 Å². The number of thiazole rings is 1. The Balaban J connectivity index is 1.72. The van der Waals surface area contributed by atoms with Crippen molar-refractivity contribution in [2.45, 2.75) is 10.8 Å². The minimum atomic E-state index is -3.69. The van der Waals surface area contributed by atoms with Crippen molar-refractivity contribution in [2.24, 2.45) is 4.99 Å². The minimum absolute atomic E-state index is 0.162. The van der Waals surface area contributed by atoms with E-state index in [2.05, 4.69) is 9.71 Å². The van der Waals surface area contributed by atoms with E-state index in [1.807, 2.05) is 18.2 Å². The van der Waals surface area contributed by atoms with Crippen molar-refractivity contribution in [3.8, 4) is 0 Å². The number of carbonyl (C=O) groups is 1.